The second kappa shape index (κ2) is 11.2. The second-order valence-electron chi connectivity index (χ2n) is 13.2. The molecule has 1 saturated heterocycles. The number of aryl methyl sites for hydroxylation is 1. The SMILES string of the molecule is CC[C@@]1(O)C(=O)OCc2c1cc1n(c2=O)Cc2c-1nc1cc(F)c(C)c3c1c2[C@@H](NC(=O)CCC(=O)NCC1COC(C)(C)O1)CC3. The van der Waals surface area contributed by atoms with E-state index in [0.717, 1.165) is 16.5 Å². The molecule has 2 aromatic heterocycles. The van der Waals surface area contributed by atoms with E-state index in [0.29, 0.717) is 47.5 Å². The van der Waals surface area contributed by atoms with Gasteiger partial charge in [0, 0.05) is 42.0 Å². The molecule has 1 aromatic carbocycles. The van der Waals surface area contributed by atoms with Gasteiger partial charge in [-0.1, -0.05) is 6.92 Å². The van der Waals surface area contributed by atoms with E-state index >= 15 is 4.39 Å². The number of benzene rings is 1. The Hall–Kier alpha value is -4.20. The number of hydrogen-bond donors (Lipinski definition) is 3. The molecule has 12 nitrogen and oxygen atoms in total. The van der Waals surface area contributed by atoms with Crippen molar-refractivity contribution in [1.82, 2.24) is 20.2 Å². The van der Waals surface area contributed by atoms with Gasteiger partial charge in [-0.25, -0.2) is 14.2 Å². The second-order valence-corrected chi connectivity index (χ2v) is 13.2. The van der Waals surface area contributed by atoms with Gasteiger partial charge in [0.1, 0.15) is 18.5 Å². The lowest BCUT2D eigenvalue weighted by molar-refractivity contribution is -0.172. The third-order valence-electron chi connectivity index (χ3n) is 9.89. The number of carbonyl (C=O) groups is 3. The van der Waals surface area contributed by atoms with Crippen LogP contribution in [0.25, 0.3) is 22.3 Å². The molecule has 0 radical (unpaired) electrons. The van der Waals surface area contributed by atoms with Crippen LogP contribution in [-0.2, 0) is 53.8 Å². The summed E-state index contributed by atoms with van der Waals surface area (Å²) >= 11 is 0. The molecule has 4 aliphatic rings. The number of nitrogens with one attached hydrogen (secondary N) is 2. The number of pyridine rings is 2. The van der Waals surface area contributed by atoms with Crippen molar-refractivity contribution in [1.29, 1.82) is 0 Å². The summed E-state index contributed by atoms with van der Waals surface area (Å²) in [6.07, 6.45) is 0.663. The zero-order valence-corrected chi connectivity index (χ0v) is 26.8. The number of aromatic nitrogens is 2. The van der Waals surface area contributed by atoms with Gasteiger partial charge in [0.05, 0.1) is 41.7 Å². The van der Waals surface area contributed by atoms with Crippen molar-refractivity contribution in [2.75, 3.05) is 13.2 Å². The van der Waals surface area contributed by atoms with Crippen molar-refractivity contribution in [2.24, 2.45) is 0 Å². The monoisotopic (exact) mass is 648 g/mol. The van der Waals surface area contributed by atoms with Crippen LogP contribution < -0.4 is 16.2 Å². The van der Waals surface area contributed by atoms with Gasteiger partial charge in [0.25, 0.3) is 5.56 Å². The van der Waals surface area contributed by atoms with Crippen LogP contribution in [-0.4, -0.2) is 57.5 Å². The minimum atomic E-state index is -1.98. The molecule has 3 N–H and O–H groups in total. The minimum absolute atomic E-state index is 0.00587. The highest BCUT2D eigenvalue weighted by molar-refractivity contribution is 5.94. The number of cyclic esters (lactones) is 1. The molecule has 0 saturated carbocycles. The summed E-state index contributed by atoms with van der Waals surface area (Å²) < 4.78 is 33.1. The third-order valence-corrected chi connectivity index (χ3v) is 9.89. The maximum atomic E-state index is 15.2. The largest absolute Gasteiger partial charge is 0.458 e. The van der Waals surface area contributed by atoms with E-state index in [1.807, 2.05) is 0 Å². The van der Waals surface area contributed by atoms with Crippen LogP contribution in [0, 0.1) is 12.7 Å². The predicted molar refractivity (Wildman–Crippen MR) is 166 cm³/mol. The maximum Gasteiger partial charge on any atom is 0.343 e. The number of aliphatic hydroxyl groups is 1. The average molecular weight is 649 g/mol. The van der Waals surface area contributed by atoms with E-state index in [1.54, 1.807) is 33.8 Å². The van der Waals surface area contributed by atoms with Crippen molar-refractivity contribution in [3.8, 4) is 11.4 Å². The number of amides is 2. The molecule has 13 heteroatoms. The quantitative estimate of drug-likeness (QED) is 0.256. The van der Waals surface area contributed by atoms with Gasteiger partial charge in [-0.3, -0.25) is 14.4 Å². The van der Waals surface area contributed by atoms with Crippen molar-refractivity contribution < 1.29 is 38.1 Å². The number of ether oxygens (including phenoxy) is 3. The first-order chi connectivity index (χ1) is 22.3. The van der Waals surface area contributed by atoms with Crippen molar-refractivity contribution in [2.45, 2.75) is 96.5 Å². The summed E-state index contributed by atoms with van der Waals surface area (Å²) in [6, 6.07) is 2.50. The normalized spacial score (nSPS) is 23.6. The number of esters is 1. The Morgan fingerprint density at radius 1 is 1.15 bits per heavy atom. The molecule has 3 aromatic rings. The van der Waals surface area contributed by atoms with Crippen molar-refractivity contribution in [3.63, 3.8) is 0 Å². The van der Waals surface area contributed by atoms with Gasteiger partial charge in [-0.2, -0.15) is 0 Å². The first-order valence-corrected chi connectivity index (χ1v) is 16.0. The molecule has 7 rings (SSSR count). The van der Waals surface area contributed by atoms with Gasteiger partial charge in [0.2, 0.25) is 11.8 Å². The first kappa shape index (κ1) is 31.4. The van der Waals surface area contributed by atoms with E-state index in [2.05, 4.69) is 10.6 Å². The lowest BCUT2D eigenvalue weighted by Crippen LogP contribution is -2.44. The fourth-order valence-corrected chi connectivity index (χ4v) is 7.37. The summed E-state index contributed by atoms with van der Waals surface area (Å²) in [5.74, 6) is -2.52. The fraction of sp³-hybridized carbons (Fsp3) is 0.500. The molecule has 1 aliphatic carbocycles. The number of fused-ring (bicyclic) bond motifs is 5. The standard InChI is InChI=1S/C34H37FN4O8/c1-5-34(44)21-10-25-30-19(13-39(25)31(42)20(21)15-45-32(34)43)29-23(7-6-18-16(2)22(35)11-24(38-30)28(18)29)37-27(41)9-8-26(40)36-12-17-14-46-33(3,4)47-17/h10-11,17,23,44H,5-9,12-15H2,1-4H3,(H,36,40)(H,37,41)/t17?,23-,34-/m0/s1. The summed E-state index contributed by atoms with van der Waals surface area (Å²) in [6.45, 7) is 7.50. The molecule has 0 spiro atoms. The molecule has 2 amide bonds. The maximum absolute atomic E-state index is 15.2. The average Bonchev–Trinajstić information content (AvgIpc) is 3.59. The smallest absolute Gasteiger partial charge is 0.343 e. The number of hydrogen-bond acceptors (Lipinski definition) is 9. The van der Waals surface area contributed by atoms with E-state index in [1.165, 1.54) is 10.6 Å². The summed E-state index contributed by atoms with van der Waals surface area (Å²) in [5, 5.41) is 17.9. The summed E-state index contributed by atoms with van der Waals surface area (Å²) in [7, 11) is 0. The topological polar surface area (TPSA) is 158 Å². The van der Waals surface area contributed by atoms with Gasteiger partial charge < -0.3 is 34.5 Å². The van der Waals surface area contributed by atoms with Crippen LogP contribution in [0.1, 0.15) is 85.9 Å². The van der Waals surface area contributed by atoms with E-state index in [-0.39, 0.29) is 68.0 Å². The van der Waals surface area contributed by atoms with Gasteiger partial charge in [-0.15, -0.1) is 0 Å². The highest BCUT2D eigenvalue weighted by atomic mass is 19.1. The minimum Gasteiger partial charge on any atom is -0.458 e. The zero-order valence-electron chi connectivity index (χ0n) is 26.8. The fourth-order valence-electron chi connectivity index (χ4n) is 7.37. The lowest BCUT2D eigenvalue weighted by atomic mass is 9.81. The summed E-state index contributed by atoms with van der Waals surface area (Å²) in [4.78, 5) is 57.0. The van der Waals surface area contributed by atoms with Gasteiger partial charge >= 0.3 is 5.97 Å². The Morgan fingerprint density at radius 3 is 2.64 bits per heavy atom. The van der Waals surface area contributed by atoms with Crippen LogP contribution in [0.5, 0.6) is 0 Å². The molecule has 5 heterocycles. The van der Waals surface area contributed by atoms with Crippen LogP contribution in [0.2, 0.25) is 0 Å². The summed E-state index contributed by atoms with van der Waals surface area (Å²) in [5.41, 5.74) is 1.99. The Bertz CT molecular complexity index is 1940. The highest BCUT2D eigenvalue weighted by Gasteiger charge is 2.46. The van der Waals surface area contributed by atoms with Crippen molar-refractivity contribution in [3.05, 3.63) is 61.7 Å². The van der Waals surface area contributed by atoms with E-state index in [4.69, 9.17) is 19.2 Å². The molecule has 3 aliphatic heterocycles. The Balaban J connectivity index is 1.20. The van der Waals surface area contributed by atoms with E-state index in [9.17, 15) is 24.3 Å². The Kier molecular flexibility index (Phi) is 7.49. The van der Waals surface area contributed by atoms with Crippen molar-refractivity contribution >= 4 is 28.7 Å². The molecule has 0 bridgehead atoms. The van der Waals surface area contributed by atoms with E-state index < -0.39 is 34.8 Å². The predicted octanol–water partition coefficient (Wildman–Crippen LogP) is 2.68. The van der Waals surface area contributed by atoms with Crippen LogP contribution in [0.3, 0.4) is 0 Å². The molecular formula is C34H37FN4O8. The molecule has 1 fully saturated rings. The number of nitrogens with zero attached hydrogens (tertiary/aromatic N) is 2. The van der Waals surface area contributed by atoms with Crippen LogP contribution >= 0.6 is 0 Å². The molecule has 3 atom stereocenters. The number of carbonyl (C=O) groups excluding carboxylic acids is 3. The first-order valence-electron chi connectivity index (χ1n) is 16.0. The third kappa shape index (κ3) is 5.11. The number of halogens is 1. The van der Waals surface area contributed by atoms with Gasteiger partial charge in [0.15, 0.2) is 11.4 Å². The van der Waals surface area contributed by atoms with Crippen LogP contribution in [0.4, 0.5) is 4.39 Å². The molecule has 47 heavy (non-hydrogen) atoms. The van der Waals surface area contributed by atoms with Gasteiger partial charge in [-0.05, 0) is 62.8 Å². The van der Waals surface area contributed by atoms with Crippen LogP contribution in [0.15, 0.2) is 16.9 Å². The lowest BCUT2D eigenvalue weighted by Gasteiger charge is -2.31. The molecule has 1 unspecified atom stereocenters. The Morgan fingerprint density at radius 2 is 1.91 bits per heavy atom. The molecule has 248 valence electrons. The Labute approximate surface area is 269 Å². The highest BCUT2D eigenvalue weighted by Crippen LogP contribution is 2.46. The number of rotatable bonds is 7. The zero-order chi connectivity index (χ0) is 33.4. The molecular weight excluding hydrogens is 611 g/mol.